The van der Waals surface area contributed by atoms with Crippen molar-refractivity contribution in [2.75, 3.05) is 11.1 Å². The number of nitrogens with two attached hydrogens (primary N) is 1. The summed E-state index contributed by atoms with van der Waals surface area (Å²) in [6.45, 7) is 1.36. The van der Waals surface area contributed by atoms with Crippen molar-refractivity contribution in [1.82, 2.24) is 4.98 Å². The maximum Gasteiger partial charge on any atom is 0.303 e. The summed E-state index contributed by atoms with van der Waals surface area (Å²) in [7, 11) is 0. The summed E-state index contributed by atoms with van der Waals surface area (Å²) >= 11 is 0. The predicted molar refractivity (Wildman–Crippen MR) is 35.2 cm³/mol. The summed E-state index contributed by atoms with van der Waals surface area (Å²) in [5, 5.41) is 2.33. The number of hydrogen-bond acceptors (Lipinski definition) is 4. The number of amides is 1. The van der Waals surface area contributed by atoms with E-state index in [4.69, 9.17) is 10.2 Å². The first-order valence-corrected chi connectivity index (χ1v) is 2.67. The number of hydrogen-bond donors (Lipinski definition) is 2. The molecule has 0 aromatic carbocycles. The molecular weight excluding hydrogens is 134 g/mol. The van der Waals surface area contributed by atoms with Crippen LogP contribution in [0.25, 0.3) is 0 Å². The third-order valence-electron chi connectivity index (χ3n) is 0.805. The van der Waals surface area contributed by atoms with Crippen LogP contribution in [0.1, 0.15) is 6.92 Å². The molecule has 10 heavy (non-hydrogen) atoms. The number of rotatable bonds is 1. The number of nitrogens with zero attached hydrogens (tertiary/aromatic N) is 1. The first kappa shape index (κ1) is 6.60. The molecule has 3 N–H and O–H groups in total. The molecule has 0 aliphatic carbocycles. The highest BCUT2D eigenvalue weighted by Crippen LogP contribution is 2.07. The van der Waals surface area contributed by atoms with Gasteiger partial charge in [0.15, 0.2) is 5.82 Å². The van der Waals surface area contributed by atoms with Gasteiger partial charge < -0.3 is 10.2 Å². The molecule has 0 saturated carbocycles. The third-order valence-corrected chi connectivity index (χ3v) is 0.805. The van der Waals surface area contributed by atoms with Gasteiger partial charge in [-0.2, -0.15) is 4.98 Å². The second-order valence-corrected chi connectivity index (χ2v) is 1.76. The lowest BCUT2D eigenvalue weighted by Gasteiger charge is -1.90. The van der Waals surface area contributed by atoms with Crippen molar-refractivity contribution in [1.29, 1.82) is 0 Å². The molecule has 54 valence electrons. The van der Waals surface area contributed by atoms with E-state index in [0.717, 1.165) is 0 Å². The number of aromatic nitrogens is 1. The van der Waals surface area contributed by atoms with E-state index in [2.05, 4.69) is 10.3 Å². The number of nitrogen functional groups attached to an aromatic ring is 1. The van der Waals surface area contributed by atoms with Crippen LogP contribution < -0.4 is 11.1 Å². The first-order chi connectivity index (χ1) is 4.68. The Kier molecular flexibility index (Phi) is 1.57. The van der Waals surface area contributed by atoms with Crippen LogP contribution in [0, 0.1) is 0 Å². The molecule has 0 aliphatic heterocycles. The fourth-order valence-electron chi connectivity index (χ4n) is 0.494. The van der Waals surface area contributed by atoms with Gasteiger partial charge in [-0.1, -0.05) is 0 Å². The molecule has 1 heterocycles. The van der Waals surface area contributed by atoms with Gasteiger partial charge in [0.25, 0.3) is 0 Å². The summed E-state index contributed by atoms with van der Waals surface area (Å²) in [6.07, 6.45) is 1.26. The summed E-state index contributed by atoms with van der Waals surface area (Å²) in [6, 6.07) is 0.130. The highest BCUT2D eigenvalue weighted by Gasteiger charge is 2.00. The minimum Gasteiger partial charge on any atom is -0.430 e. The molecule has 0 unspecified atom stereocenters. The van der Waals surface area contributed by atoms with Crippen molar-refractivity contribution in [2.24, 2.45) is 0 Å². The summed E-state index contributed by atoms with van der Waals surface area (Å²) in [5.41, 5.74) is 5.20. The zero-order valence-corrected chi connectivity index (χ0v) is 5.42. The van der Waals surface area contributed by atoms with Crippen LogP contribution in [0.15, 0.2) is 10.7 Å². The lowest BCUT2D eigenvalue weighted by atomic mass is 10.7. The second-order valence-electron chi connectivity index (χ2n) is 1.76. The molecule has 1 aromatic heterocycles. The summed E-state index contributed by atoms with van der Waals surface area (Å²) in [5.74, 6) is 0.0191. The first-order valence-electron chi connectivity index (χ1n) is 2.67. The Hall–Kier alpha value is -1.52. The third kappa shape index (κ3) is 1.48. The number of anilines is 2. The molecule has 0 fully saturated rings. The van der Waals surface area contributed by atoms with Crippen molar-refractivity contribution >= 4 is 17.7 Å². The van der Waals surface area contributed by atoms with E-state index in [1.807, 2.05) is 0 Å². The highest BCUT2D eigenvalue weighted by atomic mass is 16.4. The van der Waals surface area contributed by atoms with E-state index in [-0.39, 0.29) is 17.7 Å². The van der Waals surface area contributed by atoms with Crippen molar-refractivity contribution in [3.63, 3.8) is 0 Å². The van der Waals surface area contributed by atoms with Gasteiger partial charge in [0.2, 0.25) is 5.91 Å². The number of carbonyl (C=O) groups is 1. The van der Waals surface area contributed by atoms with Gasteiger partial charge in [-0.3, -0.25) is 10.1 Å². The van der Waals surface area contributed by atoms with Crippen LogP contribution in [0.3, 0.4) is 0 Å². The van der Waals surface area contributed by atoms with E-state index < -0.39 is 0 Å². The quantitative estimate of drug-likeness (QED) is 0.586. The van der Waals surface area contributed by atoms with Crippen LogP contribution in [0.2, 0.25) is 0 Å². The van der Waals surface area contributed by atoms with Crippen molar-refractivity contribution in [2.45, 2.75) is 6.92 Å². The molecule has 0 spiro atoms. The normalized spacial score (nSPS) is 9.30. The van der Waals surface area contributed by atoms with Gasteiger partial charge in [0, 0.05) is 6.92 Å². The van der Waals surface area contributed by atoms with Gasteiger partial charge in [-0.05, 0) is 0 Å². The van der Waals surface area contributed by atoms with E-state index >= 15 is 0 Å². The molecule has 0 atom stereocenters. The van der Waals surface area contributed by atoms with Crippen LogP contribution in [0.4, 0.5) is 11.8 Å². The molecule has 0 aliphatic rings. The van der Waals surface area contributed by atoms with E-state index in [1.165, 1.54) is 13.2 Å². The van der Waals surface area contributed by atoms with E-state index in [1.54, 1.807) is 0 Å². The maximum absolute atomic E-state index is 10.4. The molecule has 0 bridgehead atoms. The maximum atomic E-state index is 10.4. The zero-order chi connectivity index (χ0) is 7.56. The van der Waals surface area contributed by atoms with Gasteiger partial charge in [-0.25, -0.2) is 0 Å². The van der Waals surface area contributed by atoms with Gasteiger partial charge in [0.1, 0.15) is 6.26 Å². The van der Waals surface area contributed by atoms with Crippen LogP contribution >= 0.6 is 0 Å². The average Bonchev–Trinajstić information content (AvgIpc) is 2.13. The molecular formula is C5H7N3O2. The van der Waals surface area contributed by atoms with Crippen molar-refractivity contribution in [3.8, 4) is 0 Å². The fourth-order valence-corrected chi connectivity index (χ4v) is 0.494. The van der Waals surface area contributed by atoms with Crippen LogP contribution in [-0.4, -0.2) is 10.9 Å². The fraction of sp³-hybridized carbons (Fsp3) is 0.200. The van der Waals surface area contributed by atoms with Gasteiger partial charge >= 0.3 is 6.01 Å². The van der Waals surface area contributed by atoms with E-state index in [9.17, 15) is 4.79 Å². The topological polar surface area (TPSA) is 81.2 Å². The number of nitrogens with one attached hydrogen (secondary N) is 1. The van der Waals surface area contributed by atoms with E-state index in [0.29, 0.717) is 0 Å². The van der Waals surface area contributed by atoms with Gasteiger partial charge in [-0.15, -0.1) is 0 Å². The predicted octanol–water partition coefficient (Wildman–Crippen LogP) is 0.215. The Morgan fingerprint density at radius 1 is 1.90 bits per heavy atom. The largest absolute Gasteiger partial charge is 0.430 e. The molecule has 1 rings (SSSR count). The Bertz CT molecular complexity index is 243. The molecule has 0 radical (unpaired) electrons. The molecule has 5 heteroatoms. The lowest BCUT2D eigenvalue weighted by molar-refractivity contribution is -0.114. The monoisotopic (exact) mass is 141 g/mol. The Balaban J connectivity index is 2.67. The number of oxazole rings is 1. The number of carbonyl (C=O) groups excluding carboxylic acids is 1. The smallest absolute Gasteiger partial charge is 0.303 e. The molecule has 1 amide bonds. The van der Waals surface area contributed by atoms with Crippen molar-refractivity contribution < 1.29 is 9.21 Å². The minimum atomic E-state index is -0.234. The summed E-state index contributed by atoms with van der Waals surface area (Å²) in [4.78, 5) is 14.0. The molecule has 1 aromatic rings. The highest BCUT2D eigenvalue weighted by molar-refractivity contribution is 5.86. The zero-order valence-electron chi connectivity index (χ0n) is 5.42. The van der Waals surface area contributed by atoms with Gasteiger partial charge in [0.05, 0.1) is 0 Å². The Morgan fingerprint density at radius 3 is 3.00 bits per heavy atom. The Morgan fingerprint density at radius 2 is 2.60 bits per heavy atom. The lowest BCUT2D eigenvalue weighted by Crippen LogP contribution is -2.05. The average molecular weight is 141 g/mol. The standard InChI is InChI=1S/C5H7N3O2/c1-3(9)7-5-8-4(6)2-10-5/h2H,6H2,1H3,(H,7,8,9). The molecule has 5 nitrogen and oxygen atoms in total. The Labute approximate surface area is 57.2 Å². The van der Waals surface area contributed by atoms with Crippen LogP contribution in [-0.2, 0) is 4.79 Å². The van der Waals surface area contributed by atoms with Crippen LogP contribution in [0.5, 0.6) is 0 Å². The minimum absolute atomic E-state index is 0.130. The van der Waals surface area contributed by atoms with Crippen molar-refractivity contribution in [3.05, 3.63) is 6.26 Å². The second kappa shape index (κ2) is 2.38. The molecule has 0 saturated heterocycles. The SMILES string of the molecule is CC(=O)Nc1nc(N)co1. The summed E-state index contributed by atoms with van der Waals surface area (Å²) < 4.78 is 4.71.